The Kier molecular flexibility index (Phi) is 3.38. The molecule has 0 spiro atoms. The summed E-state index contributed by atoms with van der Waals surface area (Å²) in [5.74, 6) is 0.297. The Labute approximate surface area is 121 Å². The van der Waals surface area contributed by atoms with Crippen LogP contribution in [0.15, 0.2) is 42.5 Å². The summed E-state index contributed by atoms with van der Waals surface area (Å²) >= 11 is 0. The quantitative estimate of drug-likeness (QED) is 0.802. The summed E-state index contributed by atoms with van der Waals surface area (Å²) in [5, 5.41) is 9.00. The molecule has 4 nitrogen and oxygen atoms in total. The molecule has 2 N–H and O–H groups in total. The normalized spacial score (nSPS) is 10.7. The van der Waals surface area contributed by atoms with Gasteiger partial charge >= 0.3 is 0 Å². The van der Waals surface area contributed by atoms with E-state index in [1.165, 1.54) is 12.1 Å². The third kappa shape index (κ3) is 2.26. The molecule has 0 saturated carbocycles. The molecule has 0 aliphatic carbocycles. The molecule has 0 unspecified atom stereocenters. The predicted octanol–water partition coefficient (Wildman–Crippen LogP) is 2.69. The molecule has 0 radical (unpaired) electrons. The van der Waals surface area contributed by atoms with E-state index < -0.39 is 0 Å². The van der Waals surface area contributed by atoms with E-state index in [0.29, 0.717) is 11.4 Å². The third-order valence-corrected chi connectivity index (χ3v) is 3.37. The van der Waals surface area contributed by atoms with E-state index in [0.717, 1.165) is 16.7 Å². The van der Waals surface area contributed by atoms with Gasteiger partial charge in [0.2, 0.25) is 0 Å². The van der Waals surface area contributed by atoms with Gasteiger partial charge in [-0.05, 0) is 35.9 Å². The van der Waals surface area contributed by atoms with Crippen molar-refractivity contribution in [2.45, 2.75) is 13.0 Å². The van der Waals surface area contributed by atoms with Gasteiger partial charge in [0.15, 0.2) is 0 Å². The Morgan fingerprint density at radius 2 is 2.05 bits per heavy atom. The Morgan fingerprint density at radius 3 is 2.81 bits per heavy atom. The van der Waals surface area contributed by atoms with Gasteiger partial charge in [-0.1, -0.05) is 12.1 Å². The van der Waals surface area contributed by atoms with Crippen LogP contribution in [0.25, 0.3) is 16.7 Å². The lowest BCUT2D eigenvalue weighted by atomic mass is 10.1. The topological polar surface area (TPSA) is 67.6 Å². The van der Waals surface area contributed by atoms with Crippen molar-refractivity contribution < 1.29 is 4.39 Å². The molecule has 0 atom stereocenters. The minimum absolute atomic E-state index is 0.177. The lowest BCUT2D eigenvalue weighted by Crippen LogP contribution is -2.08. The first-order valence-electron chi connectivity index (χ1n) is 6.56. The van der Waals surface area contributed by atoms with Crippen LogP contribution in [-0.2, 0) is 13.0 Å². The molecule has 104 valence electrons. The van der Waals surface area contributed by atoms with E-state index in [9.17, 15) is 4.39 Å². The van der Waals surface area contributed by atoms with Crippen molar-refractivity contribution in [3.8, 4) is 11.8 Å². The zero-order valence-corrected chi connectivity index (χ0v) is 11.3. The second kappa shape index (κ2) is 5.35. The second-order valence-corrected chi connectivity index (χ2v) is 4.66. The molecule has 21 heavy (non-hydrogen) atoms. The highest BCUT2D eigenvalue weighted by atomic mass is 19.1. The van der Waals surface area contributed by atoms with Gasteiger partial charge in [0.25, 0.3) is 0 Å². The standard InChI is InChI=1S/C16H13FN4/c17-12-5-6-14(11(9-12)10-19)21-15-4-2-1-3-13(15)20-16(21)7-8-18/h1-6,9H,7,10,19H2. The smallest absolute Gasteiger partial charge is 0.128 e. The van der Waals surface area contributed by atoms with Crippen LogP contribution < -0.4 is 5.73 Å². The molecule has 1 aromatic heterocycles. The zero-order valence-electron chi connectivity index (χ0n) is 11.3. The van der Waals surface area contributed by atoms with E-state index in [2.05, 4.69) is 11.1 Å². The minimum Gasteiger partial charge on any atom is -0.326 e. The number of nitrogens with zero attached hydrogens (tertiary/aromatic N) is 3. The van der Waals surface area contributed by atoms with Crippen molar-refractivity contribution in [3.63, 3.8) is 0 Å². The van der Waals surface area contributed by atoms with E-state index in [1.54, 1.807) is 6.07 Å². The number of imidazole rings is 1. The highest BCUT2D eigenvalue weighted by Gasteiger charge is 2.14. The number of benzene rings is 2. The van der Waals surface area contributed by atoms with Crippen LogP contribution >= 0.6 is 0 Å². The van der Waals surface area contributed by atoms with Gasteiger partial charge in [-0.15, -0.1) is 0 Å². The van der Waals surface area contributed by atoms with Crippen molar-refractivity contribution in [1.29, 1.82) is 5.26 Å². The van der Waals surface area contributed by atoms with Crippen LogP contribution in [0, 0.1) is 17.1 Å². The molecule has 0 bridgehead atoms. The molecule has 0 aliphatic heterocycles. The van der Waals surface area contributed by atoms with Gasteiger partial charge in [-0.2, -0.15) is 5.26 Å². The molecule has 0 saturated heterocycles. The predicted molar refractivity (Wildman–Crippen MR) is 78.2 cm³/mol. The number of hydrogen-bond donors (Lipinski definition) is 1. The van der Waals surface area contributed by atoms with E-state index in [4.69, 9.17) is 11.0 Å². The summed E-state index contributed by atoms with van der Waals surface area (Å²) in [4.78, 5) is 4.48. The van der Waals surface area contributed by atoms with E-state index in [-0.39, 0.29) is 18.8 Å². The highest BCUT2D eigenvalue weighted by Crippen LogP contribution is 2.24. The number of hydrogen-bond acceptors (Lipinski definition) is 3. The summed E-state index contributed by atoms with van der Waals surface area (Å²) in [6.07, 6.45) is 0.177. The average molecular weight is 280 g/mol. The first-order chi connectivity index (χ1) is 10.2. The maximum absolute atomic E-state index is 13.4. The fourth-order valence-corrected chi connectivity index (χ4v) is 2.47. The summed E-state index contributed by atoms with van der Waals surface area (Å²) in [6.45, 7) is 0.214. The Bertz CT molecular complexity index is 845. The maximum atomic E-state index is 13.4. The van der Waals surface area contributed by atoms with Crippen molar-refractivity contribution in [2.24, 2.45) is 5.73 Å². The minimum atomic E-state index is -0.328. The Balaban J connectivity index is 2.33. The molecule has 1 heterocycles. The molecule has 0 aliphatic rings. The number of para-hydroxylation sites is 2. The Morgan fingerprint density at radius 1 is 1.24 bits per heavy atom. The zero-order chi connectivity index (χ0) is 14.8. The summed E-state index contributed by atoms with van der Waals surface area (Å²) < 4.78 is 15.3. The number of fused-ring (bicyclic) bond motifs is 1. The van der Waals surface area contributed by atoms with Crippen LogP contribution in [0.5, 0.6) is 0 Å². The lowest BCUT2D eigenvalue weighted by Gasteiger charge is -2.12. The maximum Gasteiger partial charge on any atom is 0.128 e. The summed E-state index contributed by atoms with van der Waals surface area (Å²) in [6, 6.07) is 14.2. The second-order valence-electron chi connectivity index (χ2n) is 4.66. The van der Waals surface area contributed by atoms with Gasteiger partial charge in [-0.3, -0.25) is 4.57 Å². The first kappa shape index (κ1) is 13.3. The Hall–Kier alpha value is -2.71. The monoisotopic (exact) mass is 280 g/mol. The molecule has 2 aromatic carbocycles. The highest BCUT2D eigenvalue weighted by molar-refractivity contribution is 5.78. The largest absolute Gasteiger partial charge is 0.326 e. The van der Waals surface area contributed by atoms with E-state index >= 15 is 0 Å². The molecule has 0 amide bonds. The van der Waals surface area contributed by atoms with Crippen LogP contribution in [-0.4, -0.2) is 9.55 Å². The van der Waals surface area contributed by atoms with Crippen molar-refractivity contribution in [3.05, 3.63) is 59.7 Å². The van der Waals surface area contributed by atoms with Crippen LogP contribution in [0.4, 0.5) is 4.39 Å². The van der Waals surface area contributed by atoms with Crippen LogP contribution in [0.2, 0.25) is 0 Å². The van der Waals surface area contributed by atoms with Gasteiger partial charge < -0.3 is 5.73 Å². The van der Waals surface area contributed by atoms with Gasteiger partial charge in [-0.25, -0.2) is 9.37 Å². The number of nitriles is 1. The number of rotatable bonds is 3. The fourth-order valence-electron chi connectivity index (χ4n) is 2.47. The van der Waals surface area contributed by atoms with E-state index in [1.807, 2.05) is 28.8 Å². The molecule has 3 aromatic rings. The molecular weight excluding hydrogens is 267 g/mol. The fraction of sp³-hybridized carbons (Fsp3) is 0.125. The average Bonchev–Trinajstić information content (AvgIpc) is 2.85. The van der Waals surface area contributed by atoms with Crippen molar-refractivity contribution in [1.82, 2.24) is 9.55 Å². The van der Waals surface area contributed by atoms with Crippen molar-refractivity contribution >= 4 is 11.0 Å². The molecule has 0 fully saturated rings. The van der Waals surface area contributed by atoms with Crippen LogP contribution in [0.3, 0.4) is 0 Å². The van der Waals surface area contributed by atoms with Crippen molar-refractivity contribution in [2.75, 3.05) is 0 Å². The third-order valence-electron chi connectivity index (χ3n) is 3.37. The summed E-state index contributed by atoms with van der Waals surface area (Å²) in [5.41, 5.74) is 8.85. The number of halogens is 1. The molecular formula is C16H13FN4. The number of nitrogens with two attached hydrogens (primary N) is 1. The number of aromatic nitrogens is 2. The summed E-state index contributed by atoms with van der Waals surface area (Å²) in [7, 11) is 0. The first-order valence-corrected chi connectivity index (χ1v) is 6.56. The van der Waals surface area contributed by atoms with Gasteiger partial charge in [0.05, 0.1) is 29.2 Å². The van der Waals surface area contributed by atoms with Gasteiger partial charge in [0, 0.05) is 6.54 Å². The van der Waals surface area contributed by atoms with Crippen LogP contribution in [0.1, 0.15) is 11.4 Å². The molecule has 5 heteroatoms. The lowest BCUT2D eigenvalue weighted by molar-refractivity contribution is 0.624. The van der Waals surface area contributed by atoms with Gasteiger partial charge in [0.1, 0.15) is 11.6 Å². The molecule has 3 rings (SSSR count). The SMILES string of the molecule is N#CCc1nc2ccccc2n1-c1ccc(F)cc1CN.